The summed E-state index contributed by atoms with van der Waals surface area (Å²) < 4.78 is 32.9. The van der Waals surface area contributed by atoms with Crippen LogP contribution in [-0.2, 0) is 14.8 Å². The maximum atomic E-state index is 12.3. The van der Waals surface area contributed by atoms with E-state index < -0.39 is 10.0 Å². The summed E-state index contributed by atoms with van der Waals surface area (Å²) in [5.74, 6) is 1.36. The lowest BCUT2D eigenvalue weighted by Gasteiger charge is -2.28. The highest BCUT2D eigenvalue weighted by atomic mass is 32.2. The van der Waals surface area contributed by atoms with Crippen molar-refractivity contribution in [3.05, 3.63) is 53.5 Å². The number of hydrogen-bond donors (Lipinski definition) is 2. The number of thiophene rings is 1. The number of anilines is 4. The lowest BCUT2D eigenvalue weighted by molar-refractivity contribution is 0.122. The fourth-order valence-corrected chi connectivity index (χ4v) is 4.99. The van der Waals surface area contributed by atoms with Crippen LogP contribution in [0.25, 0.3) is 0 Å². The van der Waals surface area contributed by atoms with Crippen LogP contribution in [0.4, 0.5) is 23.1 Å². The molecule has 1 aromatic carbocycles. The Morgan fingerprint density at radius 1 is 1.07 bits per heavy atom. The van der Waals surface area contributed by atoms with E-state index in [4.69, 9.17) is 4.74 Å². The zero-order valence-electron chi connectivity index (χ0n) is 15.8. The molecular formula is C19H21N5O3S2. The number of aromatic nitrogens is 2. The van der Waals surface area contributed by atoms with Crippen molar-refractivity contribution in [1.82, 2.24) is 9.97 Å². The minimum absolute atomic E-state index is 0.281. The highest BCUT2D eigenvalue weighted by molar-refractivity contribution is 7.94. The molecule has 4 rings (SSSR count). The number of nitrogens with one attached hydrogen (secondary N) is 2. The van der Waals surface area contributed by atoms with Gasteiger partial charge in [-0.1, -0.05) is 6.07 Å². The molecule has 3 heterocycles. The van der Waals surface area contributed by atoms with Crippen molar-refractivity contribution >= 4 is 44.5 Å². The van der Waals surface area contributed by atoms with Crippen LogP contribution in [0.2, 0.25) is 0 Å². The molecule has 10 heteroatoms. The van der Waals surface area contributed by atoms with E-state index in [0.717, 1.165) is 30.3 Å². The molecule has 0 unspecified atom stereocenters. The molecule has 1 saturated heterocycles. The second-order valence-corrected chi connectivity index (χ2v) is 9.39. The fraction of sp³-hybridized carbons (Fsp3) is 0.263. The van der Waals surface area contributed by atoms with Gasteiger partial charge in [0.15, 0.2) is 0 Å². The Labute approximate surface area is 173 Å². The quantitative estimate of drug-likeness (QED) is 0.618. The summed E-state index contributed by atoms with van der Waals surface area (Å²) in [4.78, 5) is 11.2. The summed E-state index contributed by atoms with van der Waals surface area (Å²) in [5.41, 5.74) is 2.12. The van der Waals surface area contributed by atoms with Gasteiger partial charge in [-0.3, -0.25) is 4.72 Å². The van der Waals surface area contributed by atoms with Crippen LogP contribution in [-0.4, -0.2) is 44.7 Å². The summed E-state index contributed by atoms with van der Waals surface area (Å²) in [5, 5.41) is 4.92. The third kappa shape index (κ3) is 4.84. The number of morpholine rings is 1. The molecule has 0 spiro atoms. The van der Waals surface area contributed by atoms with E-state index in [-0.39, 0.29) is 4.21 Å². The maximum Gasteiger partial charge on any atom is 0.271 e. The zero-order valence-corrected chi connectivity index (χ0v) is 17.5. The van der Waals surface area contributed by atoms with Crippen LogP contribution < -0.4 is 14.9 Å². The zero-order chi connectivity index (χ0) is 20.3. The first-order valence-corrected chi connectivity index (χ1v) is 11.5. The van der Waals surface area contributed by atoms with Gasteiger partial charge in [-0.15, -0.1) is 11.3 Å². The third-order valence-corrected chi connectivity index (χ3v) is 7.11. The number of aryl methyl sites for hydroxylation is 1. The summed E-state index contributed by atoms with van der Waals surface area (Å²) in [6.07, 6.45) is 0. The van der Waals surface area contributed by atoms with Crippen molar-refractivity contribution in [2.24, 2.45) is 0 Å². The highest BCUT2D eigenvalue weighted by Gasteiger charge is 2.16. The summed E-state index contributed by atoms with van der Waals surface area (Å²) in [7, 11) is -3.56. The average Bonchev–Trinajstić information content (AvgIpc) is 3.26. The lowest BCUT2D eigenvalue weighted by Crippen LogP contribution is -2.36. The Hall–Kier alpha value is -2.69. The van der Waals surface area contributed by atoms with Gasteiger partial charge in [0.2, 0.25) is 5.95 Å². The van der Waals surface area contributed by atoms with Crippen molar-refractivity contribution in [3.63, 3.8) is 0 Å². The van der Waals surface area contributed by atoms with Gasteiger partial charge in [-0.2, -0.15) is 4.98 Å². The molecule has 1 aliphatic heterocycles. The Morgan fingerprint density at radius 2 is 1.79 bits per heavy atom. The molecule has 8 nitrogen and oxygen atoms in total. The molecule has 0 radical (unpaired) electrons. The van der Waals surface area contributed by atoms with E-state index in [1.54, 1.807) is 41.8 Å². The SMILES string of the molecule is Cc1cc(N2CCOCC2)nc(Nc2ccc(NS(=O)(=O)c3cccs3)cc2)n1. The Bertz CT molecular complexity index is 1060. The lowest BCUT2D eigenvalue weighted by atomic mass is 10.3. The Balaban J connectivity index is 1.47. The summed E-state index contributed by atoms with van der Waals surface area (Å²) in [6.45, 7) is 4.91. The van der Waals surface area contributed by atoms with Gasteiger partial charge < -0.3 is 15.0 Å². The molecule has 29 heavy (non-hydrogen) atoms. The molecule has 3 aromatic rings. The monoisotopic (exact) mass is 431 g/mol. The normalized spacial score (nSPS) is 14.6. The first-order chi connectivity index (χ1) is 14.0. The van der Waals surface area contributed by atoms with E-state index in [9.17, 15) is 8.42 Å². The third-order valence-electron chi connectivity index (χ3n) is 4.33. The van der Waals surface area contributed by atoms with Crippen LogP contribution in [0.3, 0.4) is 0 Å². The molecule has 2 N–H and O–H groups in total. The van der Waals surface area contributed by atoms with Crippen LogP contribution >= 0.6 is 11.3 Å². The summed E-state index contributed by atoms with van der Waals surface area (Å²) in [6, 6.07) is 12.2. The van der Waals surface area contributed by atoms with E-state index >= 15 is 0 Å². The van der Waals surface area contributed by atoms with Crippen molar-refractivity contribution < 1.29 is 13.2 Å². The molecule has 0 atom stereocenters. The van der Waals surface area contributed by atoms with Gasteiger partial charge >= 0.3 is 0 Å². The minimum Gasteiger partial charge on any atom is -0.378 e. The number of hydrogen-bond acceptors (Lipinski definition) is 8. The van der Waals surface area contributed by atoms with Crippen molar-refractivity contribution in [3.8, 4) is 0 Å². The van der Waals surface area contributed by atoms with Gasteiger partial charge in [0.25, 0.3) is 10.0 Å². The largest absolute Gasteiger partial charge is 0.378 e. The molecule has 152 valence electrons. The second kappa shape index (κ2) is 8.36. The van der Waals surface area contributed by atoms with Crippen LogP contribution in [0.5, 0.6) is 0 Å². The molecule has 1 aliphatic rings. The van der Waals surface area contributed by atoms with Gasteiger partial charge in [-0.05, 0) is 42.6 Å². The first kappa shape index (κ1) is 19.6. The average molecular weight is 432 g/mol. The van der Waals surface area contributed by atoms with Crippen LogP contribution in [0, 0.1) is 6.92 Å². The highest BCUT2D eigenvalue weighted by Crippen LogP contribution is 2.23. The Morgan fingerprint density at radius 3 is 2.48 bits per heavy atom. The van der Waals surface area contributed by atoms with E-state index in [1.165, 1.54) is 11.3 Å². The number of benzene rings is 1. The number of sulfonamides is 1. The van der Waals surface area contributed by atoms with Crippen LogP contribution in [0.1, 0.15) is 5.69 Å². The molecule has 2 aromatic heterocycles. The van der Waals surface area contributed by atoms with Crippen LogP contribution in [0.15, 0.2) is 52.1 Å². The topological polar surface area (TPSA) is 96.5 Å². The van der Waals surface area contributed by atoms with E-state index in [1.807, 2.05) is 13.0 Å². The summed E-state index contributed by atoms with van der Waals surface area (Å²) >= 11 is 1.18. The van der Waals surface area contributed by atoms with Crippen molar-refractivity contribution in [1.29, 1.82) is 0 Å². The molecule has 0 amide bonds. The van der Waals surface area contributed by atoms with E-state index in [2.05, 4.69) is 24.9 Å². The first-order valence-electron chi connectivity index (χ1n) is 9.11. The molecule has 0 bridgehead atoms. The van der Waals surface area contributed by atoms with Gasteiger partial charge in [-0.25, -0.2) is 13.4 Å². The second-order valence-electron chi connectivity index (χ2n) is 6.53. The Kier molecular flexibility index (Phi) is 5.65. The van der Waals surface area contributed by atoms with Gasteiger partial charge in [0.05, 0.1) is 13.2 Å². The molecular weight excluding hydrogens is 410 g/mol. The molecule has 1 fully saturated rings. The van der Waals surface area contributed by atoms with Gasteiger partial charge in [0.1, 0.15) is 10.0 Å². The van der Waals surface area contributed by atoms with Crippen molar-refractivity contribution in [2.75, 3.05) is 41.2 Å². The van der Waals surface area contributed by atoms with Crippen molar-refractivity contribution in [2.45, 2.75) is 11.1 Å². The number of nitrogens with zero attached hydrogens (tertiary/aromatic N) is 3. The molecule has 0 aliphatic carbocycles. The molecule has 0 saturated carbocycles. The minimum atomic E-state index is -3.56. The standard InChI is InChI=1S/C19H21N5O3S2/c1-14-13-17(24-8-10-27-11-9-24)22-19(20-14)21-15-4-6-16(7-5-15)23-29(25,26)18-3-2-12-28-18/h2-7,12-13,23H,8-11H2,1H3,(H,20,21,22). The fourth-order valence-electron chi connectivity index (χ4n) is 2.93. The van der Waals surface area contributed by atoms with Gasteiger partial charge in [0, 0.05) is 36.2 Å². The van der Waals surface area contributed by atoms with E-state index in [0.29, 0.717) is 24.8 Å². The predicted octanol–water partition coefficient (Wildman–Crippen LogP) is 3.23. The number of rotatable bonds is 6. The smallest absolute Gasteiger partial charge is 0.271 e. The predicted molar refractivity (Wildman–Crippen MR) is 115 cm³/mol. The maximum absolute atomic E-state index is 12.3. The number of ether oxygens (including phenoxy) is 1.